The summed E-state index contributed by atoms with van der Waals surface area (Å²) in [6, 6.07) is 4.64. The maximum Gasteiger partial charge on any atom is 0.414 e. The summed E-state index contributed by atoms with van der Waals surface area (Å²) in [6.45, 7) is 5.76. The number of nitrogens with zero attached hydrogens (tertiary/aromatic N) is 3. The number of amides is 2. The van der Waals surface area contributed by atoms with Gasteiger partial charge in [-0.2, -0.15) is 0 Å². The molecule has 1 unspecified atom stereocenters. The molecule has 2 amide bonds. The number of hydrogen-bond donors (Lipinski definition) is 1. The van der Waals surface area contributed by atoms with Crippen molar-refractivity contribution < 1.29 is 23.5 Å². The van der Waals surface area contributed by atoms with E-state index < -0.39 is 18.0 Å². The Bertz CT molecular complexity index is 931. The molecule has 1 N–H and O–H groups in total. The minimum Gasteiger partial charge on any atom is -0.442 e. The number of ether oxygens (including phenoxy) is 2. The summed E-state index contributed by atoms with van der Waals surface area (Å²) in [5.41, 5.74) is 1.72. The van der Waals surface area contributed by atoms with Crippen LogP contribution in [-0.2, 0) is 20.8 Å². The number of cyclic esters (lactones) is 1. The lowest BCUT2D eigenvalue weighted by Crippen LogP contribution is -2.35. The molecule has 0 radical (unpaired) electrons. The third kappa shape index (κ3) is 4.77. The Morgan fingerprint density at radius 3 is 2.90 bits per heavy atom. The first-order valence-corrected chi connectivity index (χ1v) is 10.6. The fourth-order valence-corrected chi connectivity index (χ4v) is 4.27. The molecule has 1 atom stereocenters. The molecule has 1 aromatic carbocycles. The van der Waals surface area contributed by atoms with Gasteiger partial charge < -0.3 is 14.8 Å². The molecular formula is C20H23FN4O4S. The molecule has 2 fully saturated rings. The molecule has 0 saturated carbocycles. The molecule has 2 aliphatic rings. The summed E-state index contributed by atoms with van der Waals surface area (Å²) in [5.74, 6) is -0.644. The van der Waals surface area contributed by atoms with E-state index in [0.717, 1.165) is 38.5 Å². The third-order valence-electron chi connectivity index (χ3n) is 4.99. The van der Waals surface area contributed by atoms with Crippen LogP contribution in [0.3, 0.4) is 0 Å². The summed E-state index contributed by atoms with van der Waals surface area (Å²) in [6.07, 6.45) is -1.02. The molecule has 3 heterocycles. The van der Waals surface area contributed by atoms with Gasteiger partial charge in [-0.25, -0.2) is 14.2 Å². The lowest BCUT2D eigenvalue weighted by Gasteiger charge is -2.25. The fourth-order valence-electron chi connectivity index (χ4n) is 3.43. The van der Waals surface area contributed by atoms with Crippen LogP contribution >= 0.6 is 11.3 Å². The molecule has 30 heavy (non-hydrogen) atoms. The van der Waals surface area contributed by atoms with Gasteiger partial charge >= 0.3 is 6.09 Å². The largest absolute Gasteiger partial charge is 0.442 e. The van der Waals surface area contributed by atoms with E-state index in [1.807, 2.05) is 5.38 Å². The number of morpholine rings is 1. The van der Waals surface area contributed by atoms with Crippen molar-refractivity contribution >= 4 is 29.0 Å². The van der Waals surface area contributed by atoms with Crippen LogP contribution in [-0.4, -0.2) is 67.4 Å². The second-order valence-corrected chi connectivity index (χ2v) is 8.11. The number of carbonyl (C=O) groups excluding carboxylic acids is 2. The van der Waals surface area contributed by atoms with E-state index in [1.54, 1.807) is 12.1 Å². The molecule has 10 heteroatoms. The number of halogens is 1. The van der Waals surface area contributed by atoms with Gasteiger partial charge in [0.05, 0.1) is 37.7 Å². The van der Waals surface area contributed by atoms with Crippen LogP contribution in [0.1, 0.15) is 12.6 Å². The zero-order valence-electron chi connectivity index (χ0n) is 16.6. The second-order valence-electron chi connectivity index (χ2n) is 7.25. The van der Waals surface area contributed by atoms with Crippen LogP contribution in [0.25, 0.3) is 10.6 Å². The maximum absolute atomic E-state index is 14.8. The molecule has 160 valence electrons. The van der Waals surface area contributed by atoms with Crippen molar-refractivity contribution in [2.75, 3.05) is 44.3 Å². The predicted molar refractivity (Wildman–Crippen MR) is 110 cm³/mol. The summed E-state index contributed by atoms with van der Waals surface area (Å²) in [7, 11) is 0. The van der Waals surface area contributed by atoms with Crippen molar-refractivity contribution in [2.24, 2.45) is 0 Å². The number of rotatable bonds is 6. The number of aromatic nitrogens is 1. The van der Waals surface area contributed by atoms with Gasteiger partial charge in [-0.15, -0.1) is 11.3 Å². The van der Waals surface area contributed by atoms with Crippen LogP contribution in [0.4, 0.5) is 14.9 Å². The molecular weight excluding hydrogens is 411 g/mol. The van der Waals surface area contributed by atoms with Gasteiger partial charge in [0.15, 0.2) is 0 Å². The molecule has 2 saturated heterocycles. The molecule has 2 aliphatic heterocycles. The molecule has 0 bridgehead atoms. The van der Waals surface area contributed by atoms with E-state index in [1.165, 1.54) is 29.2 Å². The van der Waals surface area contributed by atoms with Crippen molar-refractivity contribution in [3.63, 3.8) is 0 Å². The first kappa shape index (κ1) is 20.7. The standard InChI is InChI=1S/C20H23FN4O4S/c1-13(26)22-9-16-11-25(20(27)29-16)15-2-3-17(18(21)8-15)19-23-14(12-30-19)10-24-4-6-28-7-5-24/h2-3,8,12,16H,4-7,9-11H2,1H3,(H,22,26). The van der Waals surface area contributed by atoms with Crippen molar-refractivity contribution in [2.45, 2.75) is 19.6 Å². The lowest BCUT2D eigenvalue weighted by molar-refractivity contribution is -0.119. The van der Waals surface area contributed by atoms with Gasteiger partial charge in [-0.1, -0.05) is 0 Å². The predicted octanol–water partition coefficient (Wildman–Crippen LogP) is 2.24. The third-order valence-corrected chi connectivity index (χ3v) is 5.91. The monoisotopic (exact) mass is 434 g/mol. The summed E-state index contributed by atoms with van der Waals surface area (Å²) in [4.78, 5) is 31.4. The second kappa shape index (κ2) is 9.07. The average Bonchev–Trinajstić information content (AvgIpc) is 3.33. The van der Waals surface area contributed by atoms with Crippen molar-refractivity contribution in [3.8, 4) is 10.6 Å². The summed E-state index contributed by atoms with van der Waals surface area (Å²) < 4.78 is 25.4. The summed E-state index contributed by atoms with van der Waals surface area (Å²) in [5, 5.41) is 5.17. The Morgan fingerprint density at radius 2 is 2.17 bits per heavy atom. The Balaban J connectivity index is 1.43. The van der Waals surface area contributed by atoms with Crippen LogP contribution in [0.15, 0.2) is 23.6 Å². The Labute approximate surface area is 177 Å². The topological polar surface area (TPSA) is 84.0 Å². The quantitative estimate of drug-likeness (QED) is 0.751. The van der Waals surface area contributed by atoms with Crippen molar-refractivity contribution in [1.82, 2.24) is 15.2 Å². The number of hydrogen-bond acceptors (Lipinski definition) is 7. The van der Waals surface area contributed by atoms with E-state index in [-0.39, 0.29) is 19.0 Å². The number of thiazole rings is 1. The first-order valence-electron chi connectivity index (χ1n) is 9.76. The van der Waals surface area contributed by atoms with Gasteiger partial charge in [0, 0.05) is 37.5 Å². The van der Waals surface area contributed by atoms with E-state index in [0.29, 0.717) is 16.3 Å². The van der Waals surface area contributed by atoms with Gasteiger partial charge in [0.1, 0.15) is 16.9 Å². The maximum atomic E-state index is 14.8. The smallest absolute Gasteiger partial charge is 0.414 e. The minimum absolute atomic E-state index is 0.198. The van der Waals surface area contributed by atoms with Crippen LogP contribution in [0.5, 0.6) is 0 Å². The Kier molecular flexibility index (Phi) is 6.26. The normalized spacial score (nSPS) is 19.7. The molecule has 1 aromatic heterocycles. The number of anilines is 1. The van der Waals surface area contributed by atoms with Gasteiger partial charge in [-0.05, 0) is 18.2 Å². The number of nitrogens with one attached hydrogen (secondary N) is 1. The molecule has 8 nitrogen and oxygen atoms in total. The van der Waals surface area contributed by atoms with Gasteiger partial charge in [0.2, 0.25) is 5.91 Å². The van der Waals surface area contributed by atoms with E-state index in [2.05, 4.69) is 15.2 Å². The Hall–Kier alpha value is -2.56. The minimum atomic E-state index is -0.556. The van der Waals surface area contributed by atoms with E-state index in [9.17, 15) is 14.0 Å². The molecule has 4 rings (SSSR count). The fraction of sp³-hybridized carbons (Fsp3) is 0.450. The number of carbonyl (C=O) groups is 2. The van der Waals surface area contributed by atoms with Gasteiger partial charge in [-0.3, -0.25) is 14.6 Å². The molecule has 2 aromatic rings. The summed E-state index contributed by atoms with van der Waals surface area (Å²) >= 11 is 1.40. The number of benzene rings is 1. The highest BCUT2D eigenvalue weighted by Gasteiger charge is 2.32. The van der Waals surface area contributed by atoms with Crippen molar-refractivity contribution in [3.05, 3.63) is 35.1 Å². The highest BCUT2D eigenvalue weighted by atomic mass is 32.1. The Morgan fingerprint density at radius 1 is 1.37 bits per heavy atom. The van der Waals surface area contributed by atoms with Gasteiger partial charge in [0.25, 0.3) is 0 Å². The molecule has 0 spiro atoms. The highest BCUT2D eigenvalue weighted by molar-refractivity contribution is 7.13. The van der Waals surface area contributed by atoms with Crippen LogP contribution in [0.2, 0.25) is 0 Å². The average molecular weight is 434 g/mol. The molecule has 0 aliphatic carbocycles. The zero-order chi connectivity index (χ0) is 21.1. The van der Waals surface area contributed by atoms with Crippen LogP contribution < -0.4 is 10.2 Å². The van der Waals surface area contributed by atoms with Crippen LogP contribution in [0, 0.1) is 5.82 Å². The van der Waals surface area contributed by atoms with Crippen molar-refractivity contribution in [1.29, 1.82) is 0 Å². The van der Waals surface area contributed by atoms with E-state index in [4.69, 9.17) is 9.47 Å². The highest BCUT2D eigenvalue weighted by Crippen LogP contribution is 2.31. The zero-order valence-corrected chi connectivity index (χ0v) is 17.4. The lowest BCUT2D eigenvalue weighted by atomic mass is 10.2. The van der Waals surface area contributed by atoms with E-state index >= 15 is 0 Å². The SMILES string of the molecule is CC(=O)NCC1CN(c2ccc(-c3nc(CN4CCOCC4)cs3)c(F)c2)C(=O)O1. The first-order chi connectivity index (χ1) is 14.5.